The molecule has 0 bridgehead atoms. The Morgan fingerprint density at radius 2 is 1.93 bits per heavy atom. The van der Waals surface area contributed by atoms with Gasteiger partial charge in [0.15, 0.2) is 0 Å². The molecule has 0 aliphatic rings. The second-order valence-corrected chi connectivity index (χ2v) is 4.35. The quantitative estimate of drug-likeness (QED) is 0.839. The molecule has 0 saturated heterocycles. The minimum Gasteiger partial charge on any atom is -0.385 e. The summed E-state index contributed by atoms with van der Waals surface area (Å²) < 4.78 is 5.02. The minimum atomic E-state index is 0.672. The lowest BCUT2D eigenvalue weighted by Crippen LogP contribution is -2.07. The minimum absolute atomic E-state index is 0.672. The van der Waals surface area contributed by atoms with Gasteiger partial charge in [-0.1, -0.05) is 26.0 Å². The third-order valence-electron chi connectivity index (χ3n) is 1.89. The molecule has 0 radical (unpaired) electrons. The van der Waals surface area contributed by atoms with Crippen molar-refractivity contribution >= 4 is 28.7 Å². The van der Waals surface area contributed by atoms with E-state index in [0.29, 0.717) is 12.5 Å². The Morgan fingerprint density at radius 1 is 1.29 bits per heavy atom. The Balaban J connectivity index is 2.46. The highest BCUT2D eigenvalue weighted by molar-refractivity contribution is 14.1. The Morgan fingerprint density at radius 3 is 2.43 bits per heavy atom. The third-order valence-corrected chi connectivity index (χ3v) is 2.20. The van der Waals surface area contributed by atoms with E-state index in [1.807, 2.05) is 23.0 Å². The number of hydrogen-bond acceptors (Lipinski definition) is 2. The number of hydrogen-bond donors (Lipinski definition) is 1. The van der Waals surface area contributed by atoms with Crippen molar-refractivity contribution < 1.29 is 3.07 Å². The molecule has 0 aliphatic carbocycles. The fraction of sp³-hybridized carbons (Fsp3) is 0.455. The number of nitrogens with one attached hydrogen (secondary N) is 1. The standard InChI is InChI=1S/C11H16INO/c1-9(2)7-13-11-5-3-10(4-6-11)8-14-12/h3-6,9,13H,7-8H2,1-2H3. The van der Waals surface area contributed by atoms with Crippen LogP contribution in [0.3, 0.4) is 0 Å². The fourth-order valence-electron chi connectivity index (χ4n) is 1.10. The number of halogens is 1. The summed E-state index contributed by atoms with van der Waals surface area (Å²) in [6, 6.07) is 8.35. The van der Waals surface area contributed by atoms with Crippen LogP contribution in [0.1, 0.15) is 19.4 Å². The van der Waals surface area contributed by atoms with Gasteiger partial charge < -0.3 is 8.38 Å². The zero-order chi connectivity index (χ0) is 10.4. The predicted octanol–water partition coefficient (Wildman–Crippen LogP) is 3.62. The molecule has 2 nitrogen and oxygen atoms in total. The van der Waals surface area contributed by atoms with E-state index in [0.717, 1.165) is 6.54 Å². The van der Waals surface area contributed by atoms with Crippen LogP contribution in [-0.2, 0) is 9.67 Å². The van der Waals surface area contributed by atoms with Crippen LogP contribution >= 0.6 is 23.0 Å². The molecule has 1 N–H and O–H groups in total. The van der Waals surface area contributed by atoms with Crippen molar-refractivity contribution in [2.75, 3.05) is 11.9 Å². The molecule has 3 heteroatoms. The molecule has 0 fully saturated rings. The van der Waals surface area contributed by atoms with E-state index in [9.17, 15) is 0 Å². The largest absolute Gasteiger partial charge is 0.385 e. The summed E-state index contributed by atoms with van der Waals surface area (Å²) in [5.41, 5.74) is 2.38. The van der Waals surface area contributed by atoms with E-state index >= 15 is 0 Å². The summed E-state index contributed by atoms with van der Waals surface area (Å²) in [7, 11) is 0. The number of anilines is 1. The SMILES string of the molecule is CC(C)CNc1ccc(COI)cc1. The van der Waals surface area contributed by atoms with Crippen molar-refractivity contribution in [1.29, 1.82) is 0 Å². The average Bonchev–Trinajstić information content (AvgIpc) is 2.17. The van der Waals surface area contributed by atoms with Gasteiger partial charge in [0.1, 0.15) is 23.0 Å². The summed E-state index contributed by atoms with van der Waals surface area (Å²) in [5.74, 6) is 0.673. The van der Waals surface area contributed by atoms with Gasteiger partial charge in [0.25, 0.3) is 0 Å². The lowest BCUT2D eigenvalue weighted by atomic mass is 10.2. The molecular formula is C11H16INO. The van der Waals surface area contributed by atoms with Crippen LogP contribution in [0.5, 0.6) is 0 Å². The summed E-state index contributed by atoms with van der Waals surface area (Å²) in [5, 5.41) is 3.37. The zero-order valence-electron chi connectivity index (χ0n) is 8.59. The summed E-state index contributed by atoms with van der Waals surface area (Å²) in [6.45, 7) is 6.09. The van der Waals surface area contributed by atoms with Gasteiger partial charge >= 0.3 is 0 Å². The van der Waals surface area contributed by atoms with Crippen molar-refractivity contribution in [3.63, 3.8) is 0 Å². The maximum Gasteiger partial charge on any atom is 0.110 e. The van der Waals surface area contributed by atoms with Gasteiger partial charge in [0, 0.05) is 12.2 Å². The van der Waals surface area contributed by atoms with E-state index in [1.165, 1.54) is 11.3 Å². The molecule has 78 valence electrons. The monoisotopic (exact) mass is 305 g/mol. The molecule has 0 spiro atoms. The molecule has 0 unspecified atom stereocenters. The molecule has 0 aliphatic heterocycles. The van der Waals surface area contributed by atoms with Gasteiger partial charge in [0.05, 0.1) is 6.61 Å². The lowest BCUT2D eigenvalue weighted by molar-refractivity contribution is 0.418. The first kappa shape index (κ1) is 11.8. The van der Waals surface area contributed by atoms with Gasteiger partial charge in [-0.2, -0.15) is 0 Å². The van der Waals surface area contributed by atoms with E-state index < -0.39 is 0 Å². The van der Waals surface area contributed by atoms with Crippen LogP contribution in [0.15, 0.2) is 24.3 Å². The molecule has 0 aromatic heterocycles. The van der Waals surface area contributed by atoms with Crippen LogP contribution in [-0.4, -0.2) is 6.54 Å². The highest BCUT2D eigenvalue weighted by Crippen LogP contribution is 2.11. The van der Waals surface area contributed by atoms with E-state index in [4.69, 9.17) is 3.07 Å². The fourth-order valence-corrected chi connectivity index (χ4v) is 1.46. The van der Waals surface area contributed by atoms with Gasteiger partial charge in [0.2, 0.25) is 0 Å². The molecule has 0 heterocycles. The summed E-state index contributed by atoms with van der Waals surface area (Å²) in [6.07, 6.45) is 0. The number of rotatable bonds is 5. The van der Waals surface area contributed by atoms with Crippen LogP contribution in [0.25, 0.3) is 0 Å². The maximum absolute atomic E-state index is 5.02. The molecule has 1 aromatic carbocycles. The van der Waals surface area contributed by atoms with Gasteiger partial charge in [-0.25, -0.2) is 0 Å². The molecule has 14 heavy (non-hydrogen) atoms. The molecule has 0 amide bonds. The Hall–Kier alpha value is -0.290. The highest BCUT2D eigenvalue weighted by Gasteiger charge is 1.95. The van der Waals surface area contributed by atoms with Crippen molar-refractivity contribution in [1.82, 2.24) is 0 Å². The van der Waals surface area contributed by atoms with E-state index in [1.54, 1.807) is 0 Å². The van der Waals surface area contributed by atoms with Crippen molar-refractivity contribution in [2.45, 2.75) is 20.5 Å². The second kappa shape index (κ2) is 6.24. The Kier molecular flexibility index (Phi) is 5.25. The van der Waals surface area contributed by atoms with Gasteiger partial charge in [-0.05, 0) is 23.6 Å². The van der Waals surface area contributed by atoms with Crippen molar-refractivity contribution in [3.05, 3.63) is 29.8 Å². The Labute approximate surface area is 99.7 Å². The van der Waals surface area contributed by atoms with Crippen molar-refractivity contribution in [3.8, 4) is 0 Å². The van der Waals surface area contributed by atoms with Gasteiger partial charge in [-0.3, -0.25) is 0 Å². The predicted molar refractivity (Wildman–Crippen MR) is 68.6 cm³/mol. The van der Waals surface area contributed by atoms with Gasteiger partial charge in [-0.15, -0.1) is 0 Å². The third kappa shape index (κ3) is 4.28. The van der Waals surface area contributed by atoms with Crippen LogP contribution in [0.2, 0.25) is 0 Å². The average molecular weight is 305 g/mol. The van der Waals surface area contributed by atoms with Crippen LogP contribution in [0.4, 0.5) is 5.69 Å². The molecular weight excluding hydrogens is 289 g/mol. The smallest absolute Gasteiger partial charge is 0.110 e. The number of benzene rings is 1. The van der Waals surface area contributed by atoms with Crippen molar-refractivity contribution in [2.24, 2.45) is 5.92 Å². The Bertz CT molecular complexity index is 258. The summed E-state index contributed by atoms with van der Waals surface area (Å²) >= 11 is 1.91. The first-order valence-electron chi connectivity index (χ1n) is 4.78. The molecule has 0 saturated carbocycles. The van der Waals surface area contributed by atoms with E-state index in [2.05, 4.69) is 43.4 Å². The molecule has 1 aromatic rings. The maximum atomic E-state index is 5.02. The first-order valence-corrected chi connectivity index (χ1v) is 5.67. The molecule has 0 atom stereocenters. The topological polar surface area (TPSA) is 21.3 Å². The first-order chi connectivity index (χ1) is 6.72. The van der Waals surface area contributed by atoms with E-state index in [-0.39, 0.29) is 0 Å². The highest BCUT2D eigenvalue weighted by atomic mass is 127. The summed E-state index contributed by atoms with van der Waals surface area (Å²) in [4.78, 5) is 0. The van der Waals surface area contributed by atoms with Crippen LogP contribution < -0.4 is 5.32 Å². The lowest BCUT2D eigenvalue weighted by Gasteiger charge is -2.09. The molecule has 1 rings (SSSR count). The zero-order valence-corrected chi connectivity index (χ0v) is 10.7. The second-order valence-electron chi connectivity index (χ2n) is 3.73. The van der Waals surface area contributed by atoms with Crippen LogP contribution in [0, 0.1) is 5.92 Å². The normalized spacial score (nSPS) is 10.6.